The molecule has 0 unspecified atom stereocenters. The van der Waals surface area contributed by atoms with Crippen molar-refractivity contribution in [2.45, 2.75) is 6.42 Å². The first-order valence-electron chi connectivity index (χ1n) is 5.86. The molecule has 2 aromatic heterocycles. The molecular formula is C11H12N8O. The lowest BCUT2D eigenvalue weighted by molar-refractivity contribution is 0.317. The summed E-state index contributed by atoms with van der Waals surface area (Å²) in [6, 6.07) is 7.58. The van der Waals surface area contributed by atoms with E-state index in [9.17, 15) is 0 Å². The summed E-state index contributed by atoms with van der Waals surface area (Å²) >= 11 is 0. The van der Waals surface area contributed by atoms with Crippen molar-refractivity contribution >= 4 is 16.9 Å². The molecule has 0 aliphatic heterocycles. The normalized spacial score (nSPS) is 12.2. The molecule has 0 aliphatic rings. The van der Waals surface area contributed by atoms with Gasteiger partial charge in [0, 0.05) is 7.05 Å². The molecule has 0 fully saturated rings. The number of imidazole rings is 1. The maximum Gasteiger partial charge on any atom is 0.255 e. The van der Waals surface area contributed by atoms with Crippen LogP contribution >= 0.6 is 0 Å². The summed E-state index contributed by atoms with van der Waals surface area (Å²) < 4.78 is 3.32. The number of para-hydroxylation sites is 2. The number of benzene rings is 1. The first-order valence-corrected chi connectivity index (χ1v) is 5.86. The number of aromatic nitrogens is 6. The fraction of sp³-hybridized carbons (Fsp3) is 0.182. The van der Waals surface area contributed by atoms with Gasteiger partial charge in [0.05, 0.1) is 17.5 Å². The number of nitrogens with two attached hydrogens (primary N) is 1. The van der Waals surface area contributed by atoms with E-state index in [4.69, 9.17) is 10.9 Å². The maximum atomic E-state index is 8.73. The van der Waals surface area contributed by atoms with Gasteiger partial charge in [0.2, 0.25) is 0 Å². The Balaban J connectivity index is 2.26. The van der Waals surface area contributed by atoms with Crippen LogP contribution in [0.1, 0.15) is 5.82 Å². The average Bonchev–Trinajstić information content (AvgIpc) is 3.01. The van der Waals surface area contributed by atoms with Gasteiger partial charge in [-0.3, -0.25) is 4.57 Å². The van der Waals surface area contributed by atoms with Gasteiger partial charge in [-0.1, -0.05) is 22.4 Å². The Bertz CT molecular complexity index is 787. The lowest BCUT2D eigenvalue weighted by Gasteiger charge is -2.06. The van der Waals surface area contributed by atoms with Gasteiger partial charge in [0.1, 0.15) is 11.7 Å². The van der Waals surface area contributed by atoms with Crippen molar-refractivity contribution in [3.05, 3.63) is 30.1 Å². The zero-order valence-corrected chi connectivity index (χ0v) is 10.7. The largest absolute Gasteiger partial charge is 0.409 e. The van der Waals surface area contributed by atoms with E-state index in [0.717, 1.165) is 11.0 Å². The van der Waals surface area contributed by atoms with E-state index in [1.165, 1.54) is 4.68 Å². The van der Waals surface area contributed by atoms with Crippen LogP contribution in [0.2, 0.25) is 0 Å². The van der Waals surface area contributed by atoms with E-state index in [2.05, 4.69) is 25.7 Å². The fourth-order valence-corrected chi connectivity index (χ4v) is 2.03. The minimum Gasteiger partial charge on any atom is -0.409 e. The Morgan fingerprint density at radius 2 is 2.20 bits per heavy atom. The van der Waals surface area contributed by atoms with Crippen LogP contribution in [-0.2, 0) is 13.5 Å². The van der Waals surface area contributed by atoms with Crippen molar-refractivity contribution in [2.24, 2.45) is 17.9 Å². The molecule has 0 amide bonds. The molecule has 3 aromatic rings. The summed E-state index contributed by atoms with van der Waals surface area (Å²) in [5.74, 6) is 1.18. The summed E-state index contributed by atoms with van der Waals surface area (Å²) in [6.45, 7) is 0. The Morgan fingerprint density at radius 1 is 1.40 bits per heavy atom. The number of hydrogen-bond donors (Lipinski definition) is 2. The van der Waals surface area contributed by atoms with E-state index in [-0.39, 0.29) is 12.3 Å². The predicted molar refractivity (Wildman–Crippen MR) is 70.5 cm³/mol. The van der Waals surface area contributed by atoms with E-state index in [1.54, 1.807) is 11.6 Å². The standard InChI is InChI=1S/C11H12N8O/c1-18-11(14-16-17-18)19-8-5-3-2-4-7(8)13-10(19)6-9(12)15-20/h2-5,20H,6H2,1H3,(H2,12,15). The van der Waals surface area contributed by atoms with Gasteiger partial charge in [-0.25, -0.2) is 9.67 Å². The first-order chi connectivity index (χ1) is 9.70. The third-order valence-electron chi connectivity index (χ3n) is 2.90. The second kappa shape index (κ2) is 4.61. The quantitative estimate of drug-likeness (QED) is 0.296. The smallest absolute Gasteiger partial charge is 0.255 e. The molecule has 20 heavy (non-hydrogen) atoms. The summed E-state index contributed by atoms with van der Waals surface area (Å²) in [5.41, 5.74) is 7.22. The van der Waals surface area contributed by atoms with Crippen LogP contribution in [0.15, 0.2) is 29.4 Å². The molecule has 0 atom stereocenters. The third kappa shape index (κ3) is 1.85. The topological polar surface area (TPSA) is 120 Å². The average molecular weight is 272 g/mol. The molecule has 102 valence electrons. The van der Waals surface area contributed by atoms with Crippen molar-refractivity contribution in [1.29, 1.82) is 0 Å². The number of tetrazole rings is 1. The van der Waals surface area contributed by atoms with Crippen LogP contribution in [0.5, 0.6) is 0 Å². The number of fused-ring (bicyclic) bond motifs is 1. The van der Waals surface area contributed by atoms with Crippen LogP contribution in [0, 0.1) is 0 Å². The van der Waals surface area contributed by atoms with Gasteiger partial charge >= 0.3 is 0 Å². The molecule has 2 heterocycles. The fourth-order valence-electron chi connectivity index (χ4n) is 2.03. The highest BCUT2D eigenvalue weighted by Crippen LogP contribution is 2.19. The summed E-state index contributed by atoms with van der Waals surface area (Å²) in [5, 5.41) is 23.1. The Hall–Kier alpha value is -2.97. The third-order valence-corrected chi connectivity index (χ3v) is 2.90. The highest BCUT2D eigenvalue weighted by Gasteiger charge is 2.17. The van der Waals surface area contributed by atoms with Crippen LogP contribution in [0.4, 0.5) is 0 Å². The molecule has 0 spiro atoms. The number of oxime groups is 1. The zero-order chi connectivity index (χ0) is 14.1. The van der Waals surface area contributed by atoms with Crippen LogP contribution in [0.3, 0.4) is 0 Å². The van der Waals surface area contributed by atoms with E-state index < -0.39 is 0 Å². The van der Waals surface area contributed by atoms with Crippen LogP contribution in [0.25, 0.3) is 17.0 Å². The highest BCUT2D eigenvalue weighted by atomic mass is 16.4. The summed E-state index contributed by atoms with van der Waals surface area (Å²) in [7, 11) is 1.73. The van der Waals surface area contributed by atoms with Crippen LogP contribution in [-0.4, -0.2) is 40.8 Å². The Morgan fingerprint density at radius 3 is 2.90 bits per heavy atom. The molecule has 3 N–H and O–H groups in total. The lowest BCUT2D eigenvalue weighted by atomic mass is 10.3. The summed E-state index contributed by atoms with van der Waals surface area (Å²) in [6.07, 6.45) is 0.192. The predicted octanol–water partition coefficient (Wildman–Crippen LogP) is -0.162. The van der Waals surface area contributed by atoms with Gasteiger partial charge < -0.3 is 10.9 Å². The van der Waals surface area contributed by atoms with Crippen molar-refractivity contribution < 1.29 is 5.21 Å². The molecule has 0 saturated heterocycles. The molecule has 9 nitrogen and oxygen atoms in total. The molecule has 1 aromatic carbocycles. The SMILES string of the molecule is Cn1nnnc1-n1c(CC(N)=NO)nc2ccccc21. The number of aryl methyl sites for hydroxylation is 1. The molecule has 0 saturated carbocycles. The van der Waals surface area contributed by atoms with Crippen molar-refractivity contribution in [1.82, 2.24) is 29.8 Å². The Kier molecular flexibility index (Phi) is 2.78. The molecule has 0 radical (unpaired) electrons. The van der Waals surface area contributed by atoms with Crippen LogP contribution < -0.4 is 5.73 Å². The van der Waals surface area contributed by atoms with E-state index in [1.807, 2.05) is 24.3 Å². The molecular weight excluding hydrogens is 260 g/mol. The molecule has 0 aliphatic carbocycles. The number of amidine groups is 1. The second-order valence-corrected chi connectivity index (χ2v) is 4.22. The monoisotopic (exact) mass is 272 g/mol. The van der Waals surface area contributed by atoms with Crippen molar-refractivity contribution in [3.8, 4) is 5.95 Å². The van der Waals surface area contributed by atoms with Gasteiger partial charge in [-0.05, 0) is 22.6 Å². The number of hydrogen-bond acceptors (Lipinski definition) is 6. The molecule has 9 heteroatoms. The minimum atomic E-state index is 0.0664. The highest BCUT2D eigenvalue weighted by molar-refractivity contribution is 5.84. The molecule has 3 rings (SSSR count). The Labute approximate surface area is 113 Å². The second-order valence-electron chi connectivity index (χ2n) is 4.22. The van der Waals surface area contributed by atoms with Gasteiger partial charge in [-0.2, -0.15) is 0 Å². The molecule has 0 bridgehead atoms. The maximum absolute atomic E-state index is 8.73. The van der Waals surface area contributed by atoms with E-state index in [0.29, 0.717) is 11.8 Å². The van der Waals surface area contributed by atoms with Crippen molar-refractivity contribution in [3.63, 3.8) is 0 Å². The number of nitrogens with zero attached hydrogens (tertiary/aromatic N) is 7. The van der Waals surface area contributed by atoms with E-state index >= 15 is 0 Å². The van der Waals surface area contributed by atoms with Gasteiger partial charge in [0.15, 0.2) is 0 Å². The zero-order valence-electron chi connectivity index (χ0n) is 10.7. The first kappa shape index (κ1) is 12.1. The summed E-state index contributed by atoms with van der Waals surface area (Å²) in [4.78, 5) is 4.48. The lowest BCUT2D eigenvalue weighted by Crippen LogP contribution is -2.18. The number of rotatable bonds is 3. The minimum absolute atomic E-state index is 0.0664. The van der Waals surface area contributed by atoms with Gasteiger partial charge in [0.25, 0.3) is 5.95 Å². The van der Waals surface area contributed by atoms with Crippen molar-refractivity contribution in [2.75, 3.05) is 0 Å². The van der Waals surface area contributed by atoms with Gasteiger partial charge in [-0.15, -0.1) is 0 Å².